The van der Waals surface area contributed by atoms with Gasteiger partial charge in [0.25, 0.3) is 0 Å². The number of ether oxygens (including phenoxy) is 1. The van der Waals surface area contributed by atoms with Crippen molar-refractivity contribution in [2.75, 3.05) is 7.11 Å². The van der Waals surface area contributed by atoms with Gasteiger partial charge in [0.2, 0.25) is 0 Å². The van der Waals surface area contributed by atoms with Gasteiger partial charge >= 0.3 is 0 Å². The third-order valence-corrected chi connectivity index (χ3v) is 2.36. The molecule has 0 amide bonds. The Bertz CT molecular complexity index is 424. The normalized spacial score (nSPS) is 10.4. The molecule has 16 heavy (non-hydrogen) atoms. The zero-order valence-corrected chi connectivity index (χ0v) is 10.4. The third kappa shape index (κ3) is 3.98. The highest BCUT2D eigenvalue weighted by atomic mass is 79.9. The summed E-state index contributed by atoms with van der Waals surface area (Å²) in [6.45, 7) is 0. The van der Waals surface area contributed by atoms with Gasteiger partial charge in [0.1, 0.15) is 0 Å². The van der Waals surface area contributed by atoms with E-state index in [1.165, 1.54) is 19.4 Å². The van der Waals surface area contributed by atoms with Crippen LogP contribution in [0.2, 0.25) is 0 Å². The maximum atomic E-state index is 11.7. The van der Waals surface area contributed by atoms with Crippen LogP contribution in [-0.4, -0.2) is 18.7 Å². The van der Waals surface area contributed by atoms with Gasteiger partial charge in [-0.2, -0.15) is 0 Å². The Morgan fingerprint density at radius 1 is 1.44 bits per heavy atom. The maximum Gasteiger partial charge on any atom is 0.170 e. The Hall–Kier alpha value is -1.42. The molecule has 0 aliphatic carbocycles. The molecule has 84 valence electrons. The molecule has 0 aliphatic rings. The van der Waals surface area contributed by atoms with Crippen molar-refractivity contribution in [2.24, 2.45) is 0 Å². The first-order valence-corrected chi connectivity index (χ1v) is 5.43. The van der Waals surface area contributed by atoms with E-state index in [1.807, 2.05) is 6.07 Å². The Labute approximate surface area is 102 Å². The number of hydrogen-bond donors (Lipinski definition) is 0. The molecule has 0 saturated carbocycles. The predicted molar refractivity (Wildman–Crippen MR) is 64.2 cm³/mol. The molecular weight excluding hydrogens is 272 g/mol. The summed E-state index contributed by atoms with van der Waals surface area (Å²) in [5.74, 6) is -0.473. The maximum absolute atomic E-state index is 11.7. The standard InChI is InChI=1S/C12H11BrO3/c1-16-6-5-11(14)8-12(15)9-3-2-4-10(13)7-9/h2-7H,8H2,1H3. The summed E-state index contributed by atoms with van der Waals surface area (Å²) < 4.78 is 5.42. The van der Waals surface area contributed by atoms with Gasteiger partial charge in [-0.1, -0.05) is 28.1 Å². The number of benzene rings is 1. The SMILES string of the molecule is COC=CC(=O)CC(=O)c1cccc(Br)c1. The average molecular weight is 283 g/mol. The number of allylic oxidation sites excluding steroid dienone is 1. The first-order chi connectivity index (χ1) is 7.63. The molecule has 4 heteroatoms. The average Bonchev–Trinajstić information content (AvgIpc) is 2.26. The van der Waals surface area contributed by atoms with Crippen molar-refractivity contribution in [3.05, 3.63) is 46.6 Å². The number of methoxy groups -OCH3 is 1. The summed E-state index contributed by atoms with van der Waals surface area (Å²) in [6.07, 6.45) is 2.36. The van der Waals surface area contributed by atoms with Crippen LogP contribution in [0.1, 0.15) is 16.8 Å². The van der Waals surface area contributed by atoms with E-state index in [1.54, 1.807) is 18.2 Å². The highest BCUT2D eigenvalue weighted by molar-refractivity contribution is 9.10. The molecule has 0 spiro atoms. The molecule has 0 atom stereocenters. The van der Waals surface area contributed by atoms with E-state index >= 15 is 0 Å². The van der Waals surface area contributed by atoms with Crippen LogP contribution in [0.15, 0.2) is 41.1 Å². The molecule has 0 heterocycles. The molecule has 0 radical (unpaired) electrons. The van der Waals surface area contributed by atoms with Gasteiger partial charge in [0, 0.05) is 16.1 Å². The zero-order valence-electron chi connectivity index (χ0n) is 8.77. The van der Waals surface area contributed by atoms with E-state index in [0.717, 1.165) is 4.47 Å². The lowest BCUT2D eigenvalue weighted by atomic mass is 10.1. The minimum Gasteiger partial charge on any atom is -0.504 e. The van der Waals surface area contributed by atoms with Crippen molar-refractivity contribution < 1.29 is 14.3 Å². The number of rotatable bonds is 5. The van der Waals surface area contributed by atoms with Gasteiger partial charge in [0.05, 0.1) is 19.8 Å². The summed E-state index contributed by atoms with van der Waals surface area (Å²) in [5.41, 5.74) is 0.522. The highest BCUT2D eigenvalue weighted by Crippen LogP contribution is 2.13. The van der Waals surface area contributed by atoms with E-state index in [-0.39, 0.29) is 18.0 Å². The zero-order chi connectivity index (χ0) is 12.0. The molecule has 0 aromatic heterocycles. The number of halogens is 1. The Balaban J connectivity index is 2.66. The molecule has 0 bridgehead atoms. The predicted octanol–water partition coefficient (Wildman–Crippen LogP) is 2.75. The number of carbonyl (C=O) groups excluding carboxylic acids is 2. The largest absolute Gasteiger partial charge is 0.504 e. The molecule has 0 aliphatic heterocycles. The van der Waals surface area contributed by atoms with Crippen LogP contribution in [0.25, 0.3) is 0 Å². The molecule has 3 nitrogen and oxygen atoms in total. The summed E-state index contributed by atoms with van der Waals surface area (Å²) in [4.78, 5) is 22.9. The van der Waals surface area contributed by atoms with Crippen LogP contribution < -0.4 is 0 Å². The van der Waals surface area contributed by atoms with E-state index in [0.29, 0.717) is 5.56 Å². The lowest BCUT2D eigenvalue weighted by Gasteiger charge is -1.99. The van der Waals surface area contributed by atoms with Crippen molar-refractivity contribution in [1.29, 1.82) is 0 Å². The van der Waals surface area contributed by atoms with E-state index in [4.69, 9.17) is 0 Å². The second-order valence-corrected chi connectivity index (χ2v) is 4.03. The first-order valence-electron chi connectivity index (χ1n) is 4.64. The number of carbonyl (C=O) groups is 2. The third-order valence-electron chi connectivity index (χ3n) is 1.87. The highest BCUT2D eigenvalue weighted by Gasteiger charge is 2.09. The summed E-state index contributed by atoms with van der Waals surface area (Å²) >= 11 is 3.27. The first kappa shape index (κ1) is 12.6. The molecule has 0 saturated heterocycles. The minimum absolute atomic E-state index is 0.143. The molecule has 0 N–H and O–H groups in total. The fourth-order valence-electron chi connectivity index (χ4n) is 1.13. The summed E-state index contributed by atoms with van der Waals surface area (Å²) in [6, 6.07) is 6.95. The van der Waals surface area contributed by atoms with E-state index < -0.39 is 0 Å². The molecule has 0 unspecified atom stereocenters. The van der Waals surface area contributed by atoms with Gasteiger partial charge in [-0.15, -0.1) is 0 Å². The van der Waals surface area contributed by atoms with Crippen LogP contribution in [0.3, 0.4) is 0 Å². The van der Waals surface area contributed by atoms with Crippen LogP contribution in [0.5, 0.6) is 0 Å². The Morgan fingerprint density at radius 3 is 2.81 bits per heavy atom. The molecular formula is C12H11BrO3. The van der Waals surface area contributed by atoms with Gasteiger partial charge in [-0.3, -0.25) is 9.59 Å². The molecule has 0 fully saturated rings. The fraction of sp³-hybridized carbons (Fsp3) is 0.167. The summed E-state index contributed by atoms with van der Waals surface area (Å²) in [7, 11) is 1.44. The molecule has 1 aromatic rings. The summed E-state index contributed by atoms with van der Waals surface area (Å²) in [5, 5.41) is 0. The fourth-order valence-corrected chi connectivity index (χ4v) is 1.52. The molecule has 1 aromatic carbocycles. The van der Waals surface area contributed by atoms with Crippen LogP contribution in [0, 0.1) is 0 Å². The lowest BCUT2D eigenvalue weighted by molar-refractivity contribution is -0.113. The van der Waals surface area contributed by atoms with Crippen molar-refractivity contribution in [1.82, 2.24) is 0 Å². The monoisotopic (exact) mass is 282 g/mol. The smallest absolute Gasteiger partial charge is 0.170 e. The minimum atomic E-state index is -0.271. The van der Waals surface area contributed by atoms with Gasteiger partial charge in [0.15, 0.2) is 11.6 Å². The second-order valence-electron chi connectivity index (χ2n) is 3.12. The second kappa shape index (κ2) is 6.23. The Morgan fingerprint density at radius 2 is 2.19 bits per heavy atom. The van der Waals surface area contributed by atoms with Gasteiger partial charge in [-0.05, 0) is 12.1 Å². The number of hydrogen-bond acceptors (Lipinski definition) is 3. The molecule has 1 rings (SSSR count). The van der Waals surface area contributed by atoms with Crippen molar-refractivity contribution in [3.8, 4) is 0 Å². The van der Waals surface area contributed by atoms with Gasteiger partial charge < -0.3 is 4.74 Å². The van der Waals surface area contributed by atoms with Crippen molar-refractivity contribution in [2.45, 2.75) is 6.42 Å². The van der Waals surface area contributed by atoms with Crippen molar-refractivity contribution in [3.63, 3.8) is 0 Å². The number of Topliss-reactive ketones (excluding diaryl/α,β-unsaturated/α-hetero) is 1. The van der Waals surface area contributed by atoms with Crippen LogP contribution in [0.4, 0.5) is 0 Å². The quantitative estimate of drug-likeness (QED) is 0.361. The topological polar surface area (TPSA) is 43.4 Å². The van der Waals surface area contributed by atoms with Crippen LogP contribution in [-0.2, 0) is 9.53 Å². The van der Waals surface area contributed by atoms with Crippen molar-refractivity contribution >= 4 is 27.5 Å². The van der Waals surface area contributed by atoms with E-state index in [2.05, 4.69) is 20.7 Å². The lowest BCUT2D eigenvalue weighted by Crippen LogP contribution is -2.05. The van der Waals surface area contributed by atoms with Gasteiger partial charge in [-0.25, -0.2) is 0 Å². The van der Waals surface area contributed by atoms with E-state index in [9.17, 15) is 9.59 Å². The number of ketones is 2. The van der Waals surface area contributed by atoms with Crippen LogP contribution >= 0.6 is 15.9 Å². The Kier molecular flexibility index (Phi) is 4.92.